The summed E-state index contributed by atoms with van der Waals surface area (Å²) in [6.45, 7) is 0.531. The Morgan fingerprint density at radius 3 is 2.45 bits per heavy atom. The van der Waals surface area contributed by atoms with E-state index in [-0.39, 0.29) is 5.56 Å². The SMILES string of the molecule is Nc1c(F)cc(C(=O)NCCCC2CCCC2)cc1F. The van der Waals surface area contributed by atoms with Crippen molar-refractivity contribution in [2.45, 2.75) is 38.5 Å². The number of anilines is 1. The van der Waals surface area contributed by atoms with Crippen LogP contribution in [0.15, 0.2) is 12.1 Å². The molecule has 1 fully saturated rings. The van der Waals surface area contributed by atoms with Gasteiger partial charge in [-0.15, -0.1) is 0 Å². The monoisotopic (exact) mass is 282 g/mol. The lowest BCUT2D eigenvalue weighted by Gasteiger charge is -2.10. The minimum Gasteiger partial charge on any atom is -0.394 e. The molecule has 110 valence electrons. The van der Waals surface area contributed by atoms with Gasteiger partial charge in [-0.25, -0.2) is 8.78 Å². The highest BCUT2D eigenvalue weighted by Gasteiger charge is 2.15. The Morgan fingerprint density at radius 2 is 1.85 bits per heavy atom. The molecule has 1 amide bonds. The third-order valence-electron chi connectivity index (χ3n) is 3.89. The molecule has 20 heavy (non-hydrogen) atoms. The molecule has 0 heterocycles. The van der Waals surface area contributed by atoms with E-state index in [1.807, 2.05) is 0 Å². The zero-order valence-electron chi connectivity index (χ0n) is 11.4. The molecule has 1 aliphatic carbocycles. The molecular formula is C15H20F2N2O. The number of carbonyl (C=O) groups excluding carboxylic acids is 1. The minimum atomic E-state index is -0.902. The number of nitrogens with one attached hydrogen (secondary N) is 1. The lowest BCUT2D eigenvalue weighted by Crippen LogP contribution is -2.25. The van der Waals surface area contributed by atoms with E-state index >= 15 is 0 Å². The summed E-state index contributed by atoms with van der Waals surface area (Å²) >= 11 is 0. The van der Waals surface area contributed by atoms with Crippen LogP contribution in [0.25, 0.3) is 0 Å². The minimum absolute atomic E-state index is 0.0323. The number of rotatable bonds is 5. The molecule has 0 aliphatic heterocycles. The lowest BCUT2D eigenvalue weighted by molar-refractivity contribution is 0.0951. The largest absolute Gasteiger partial charge is 0.394 e. The molecule has 0 aromatic heterocycles. The van der Waals surface area contributed by atoms with Crippen molar-refractivity contribution in [1.29, 1.82) is 0 Å². The van der Waals surface area contributed by atoms with E-state index in [1.165, 1.54) is 25.7 Å². The predicted octanol–water partition coefficient (Wildman–Crippen LogP) is 3.25. The van der Waals surface area contributed by atoms with Gasteiger partial charge in [-0.2, -0.15) is 0 Å². The van der Waals surface area contributed by atoms with Gasteiger partial charge in [0.05, 0.1) is 0 Å². The van der Waals surface area contributed by atoms with Crippen molar-refractivity contribution in [3.8, 4) is 0 Å². The van der Waals surface area contributed by atoms with Gasteiger partial charge >= 0.3 is 0 Å². The first-order chi connectivity index (χ1) is 9.58. The number of nitrogens with two attached hydrogens (primary N) is 1. The van der Waals surface area contributed by atoms with Crippen LogP contribution >= 0.6 is 0 Å². The first-order valence-electron chi connectivity index (χ1n) is 7.10. The normalized spacial score (nSPS) is 15.5. The predicted molar refractivity (Wildman–Crippen MR) is 74.3 cm³/mol. The second-order valence-electron chi connectivity index (χ2n) is 5.40. The standard InChI is InChI=1S/C15H20F2N2O/c16-12-8-11(9-13(17)14(12)18)15(20)19-7-3-6-10-4-1-2-5-10/h8-10H,1-7,18H2,(H,19,20). The summed E-state index contributed by atoms with van der Waals surface area (Å²) < 4.78 is 26.5. The van der Waals surface area contributed by atoms with Gasteiger partial charge in [-0.1, -0.05) is 25.7 Å². The molecule has 0 atom stereocenters. The van der Waals surface area contributed by atoms with Crippen LogP contribution in [0.2, 0.25) is 0 Å². The number of carbonyl (C=O) groups is 1. The number of hydrogen-bond acceptors (Lipinski definition) is 2. The highest BCUT2D eigenvalue weighted by atomic mass is 19.1. The molecule has 2 rings (SSSR count). The Morgan fingerprint density at radius 1 is 1.25 bits per heavy atom. The Labute approximate surface area is 117 Å². The average Bonchev–Trinajstić information content (AvgIpc) is 2.93. The fourth-order valence-corrected chi connectivity index (χ4v) is 2.71. The molecule has 3 nitrogen and oxygen atoms in total. The average molecular weight is 282 g/mol. The summed E-state index contributed by atoms with van der Waals surface area (Å²) in [5.74, 6) is -1.49. The Balaban J connectivity index is 1.79. The van der Waals surface area contributed by atoms with E-state index in [4.69, 9.17) is 5.73 Å². The fraction of sp³-hybridized carbons (Fsp3) is 0.533. The van der Waals surface area contributed by atoms with Crippen molar-refractivity contribution in [2.75, 3.05) is 12.3 Å². The van der Waals surface area contributed by atoms with Crippen molar-refractivity contribution < 1.29 is 13.6 Å². The quantitative estimate of drug-likeness (QED) is 0.643. The van der Waals surface area contributed by atoms with E-state index in [9.17, 15) is 13.6 Å². The smallest absolute Gasteiger partial charge is 0.251 e. The van der Waals surface area contributed by atoms with E-state index in [0.717, 1.165) is 30.9 Å². The summed E-state index contributed by atoms with van der Waals surface area (Å²) in [4.78, 5) is 11.8. The Kier molecular flexibility index (Phi) is 4.93. The number of hydrogen-bond donors (Lipinski definition) is 2. The molecule has 3 N–H and O–H groups in total. The van der Waals surface area contributed by atoms with Crippen LogP contribution in [0.5, 0.6) is 0 Å². The third-order valence-corrected chi connectivity index (χ3v) is 3.89. The van der Waals surface area contributed by atoms with Gasteiger partial charge in [0.2, 0.25) is 0 Å². The molecule has 1 aliphatic rings. The van der Waals surface area contributed by atoms with Crippen molar-refractivity contribution in [1.82, 2.24) is 5.32 Å². The maximum absolute atomic E-state index is 13.2. The number of halogens is 2. The van der Waals surface area contributed by atoms with Gasteiger partial charge in [0.15, 0.2) is 0 Å². The first-order valence-corrected chi connectivity index (χ1v) is 7.10. The topological polar surface area (TPSA) is 55.1 Å². The van der Waals surface area contributed by atoms with Crippen molar-refractivity contribution in [3.05, 3.63) is 29.3 Å². The molecule has 5 heteroatoms. The van der Waals surface area contributed by atoms with Gasteiger partial charge in [0.1, 0.15) is 17.3 Å². The Bertz CT molecular complexity index is 462. The third kappa shape index (κ3) is 3.68. The van der Waals surface area contributed by atoms with Gasteiger partial charge in [0.25, 0.3) is 5.91 Å². The van der Waals surface area contributed by atoms with Crippen molar-refractivity contribution in [3.63, 3.8) is 0 Å². The number of benzene rings is 1. The summed E-state index contributed by atoms with van der Waals surface area (Å²) in [7, 11) is 0. The maximum atomic E-state index is 13.2. The molecule has 0 saturated heterocycles. The summed E-state index contributed by atoms with van der Waals surface area (Å²) in [5, 5.41) is 2.68. The highest BCUT2D eigenvalue weighted by Crippen LogP contribution is 2.28. The molecular weight excluding hydrogens is 262 g/mol. The molecule has 0 radical (unpaired) electrons. The zero-order chi connectivity index (χ0) is 14.5. The van der Waals surface area contributed by atoms with Crippen LogP contribution in [0.4, 0.5) is 14.5 Å². The van der Waals surface area contributed by atoms with Gasteiger partial charge < -0.3 is 11.1 Å². The van der Waals surface area contributed by atoms with E-state index in [0.29, 0.717) is 6.54 Å². The van der Waals surface area contributed by atoms with E-state index in [1.54, 1.807) is 0 Å². The second-order valence-corrected chi connectivity index (χ2v) is 5.40. The van der Waals surface area contributed by atoms with Crippen molar-refractivity contribution in [2.24, 2.45) is 5.92 Å². The molecule has 0 spiro atoms. The maximum Gasteiger partial charge on any atom is 0.251 e. The summed E-state index contributed by atoms with van der Waals surface area (Å²) in [6.07, 6.45) is 7.17. The van der Waals surface area contributed by atoms with Crippen molar-refractivity contribution >= 4 is 11.6 Å². The van der Waals surface area contributed by atoms with Crippen LogP contribution < -0.4 is 11.1 Å². The second kappa shape index (κ2) is 6.68. The molecule has 0 bridgehead atoms. The van der Waals surface area contributed by atoms with Crippen LogP contribution in [-0.4, -0.2) is 12.5 Å². The summed E-state index contributed by atoms with van der Waals surface area (Å²) in [6, 6.07) is 1.93. The zero-order valence-corrected chi connectivity index (χ0v) is 11.4. The molecule has 1 aromatic carbocycles. The van der Waals surface area contributed by atoms with Gasteiger partial charge in [-0.3, -0.25) is 4.79 Å². The van der Waals surface area contributed by atoms with Crippen LogP contribution in [0.3, 0.4) is 0 Å². The molecule has 1 aromatic rings. The van der Waals surface area contributed by atoms with Gasteiger partial charge in [-0.05, 0) is 30.9 Å². The Hall–Kier alpha value is -1.65. The highest BCUT2D eigenvalue weighted by molar-refractivity contribution is 5.94. The fourth-order valence-electron chi connectivity index (χ4n) is 2.71. The van der Waals surface area contributed by atoms with E-state index in [2.05, 4.69) is 5.32 Å². The van der Waals surface area contributed by atoms with Crippen LogP contribution in [-0.2, 0) is 0 Å². The van der Waals surface area contributed by atoms with E-state index < -0.39 is 23.2 Å². The first kappa shape index (κ1) is 14.8. The lowest BCUT2D eigenvalue weighted by atomic mass is 10.0. The summed E-state index contributed by atoms with van der Waals surface area (Å²) in [5.41, 5.74) is 4.58. The molecule has 1 saturated carbocycles. The molecule has 0 unspecified atom stereocenters. The number of amides is 1. The number of nitrogen functional groups attached to an aromatic ring is 1. The van der Waals surface area contributed by atoms with Crippen LogP contribution in [0.1, 0.15) is 48.9 Å². The van der Waals surface area contributed by atoms with Gasteiger partial charge in [0, 0.05) is 12.1 Å². The van der Waals surface area contributed by atoms with Crippen LogP contribution in [0, 0.1) is 17.6 Å².